The Balaban J connectivity index is 3.37. The van der Waals surface area contributed by atoms with Crippen molar-refractivity contribution >= 4 is 5.97 Å². The fraction of sp³-hybridized carbons (Fsp3) is 0.906. The molecule has 0 heterocycles. The van der Waals surface area contributed by atoms with Crippen molar-refractivity contribution in [2.75, 3.05) is 19.8 Å². The van der Waals surface area contributed by atoms with Gasteiger partial charge in [0.25, 0.3) is 0 Å². The van der Waals surface area contributed by atoms with E-state index in [1.165, 1.54) is 244 Å². The molecule has 0 aliphatic carbocycles. The number of unbranched alkanes of at least 4 members (excludes halogenated alkanes) is 37. The van der Waals surface area contributed by atoms with Crippen LogP contribution in [0.25, 0.3) is 0 Å². The number of carbonyl (C=O) groups is 1. The van der Waals surface area contributed by atoms with E-state index in [1.807, 2.05) is 0 Å². The zero-order chi connectivity index (χ0) is 41.2. The number of allylic oxidation sites excluding steroid dienone is 4. The van der Waals surface area contributed by atoms with Crippen molar-refractivity contribution < 1.29 is 19.4 Å². The topological polar surface area (TPSA) is 55.8 Å². The number of aliphatic hydroxyl groups excluding tert-OH is 1. The standard InChI is InChI=1S/C53H102O4/c1-3-5-7-9-11-13-15-17-19-21-23-25-27-28-30-32-34-36-38-40-42-44-46-48-53(55)57-52(50-54)51-56-49-47-45-43-41-39-37-35-33-31-29-26-24-22-20-18-16-14-12-10-8-6-4-2/h21-24,52,54H,3-20,25-51H2,1-2H3/b23-21-,24-22-. The van der Waals surface area contributed by atoms with E-state index < -0.39 is 6.10 Å². The molecule has 0 amide bonds. The van der Waals surface area contributed by atoms with Crippen LogP contribution in [0.4, 0.5) is 0 Å². The number of aliphatic hydroxyl groups is 1. The molecule has 0 aromatic carbocycles. The van der Waals surface area contributed by atoms with Gasteiger partial charge in [0.1, 0.15) is 6.10 Å². The van der Waals surface area contributed by atoms with Gasteiger partial charge in [-0.05, 0) is 64.2 Å². The summed E-state index contributed by atoms with van der Waals surface area (Å²) in [5.41, 5.74) is 0. The number of esters is 1. The lowest BCUT2D eigenvalue weighted by atomic mass is 10.0. The summed E-state index contributed by atoms with van der Waals surface area (Å²) >= 11 is 0. The van der Waals surface area contributed by atoms with Gasteiger partial charge in [0.2, 0.25) is 0 Å². The van der Waals surface area contributed by atoms with Crippen LogP contribution in [0, 0.1) is 0 Å². The molecule has 57 heavy (non-hydrogen) atoms. The van der Waals surface area contributed by atoms with Gasteiger partial charge in [-0.1, -0.05) is 237 Å². The van der Waals surface area contributed by atoms with Gasteiger partial charge in [-0.25, -0.2) is 0 Å². The maximum Gasteiger partial charge on any atom is 0.306 e. The van der Waals surface area contributed by atoms with Crippen LogP contribution >= 0.6 is 0 Å². The van der Waals surface area contributed by atoms with Crippen molar-refractivity contribution in [3.8, 4) is 0 Å². The Bertz CT molecular complexity index is 807. The highest BCUT2D eigenvalue weighted by Gasteiger charge is 2.13. The van der Waals surface area contributed by atoms with Crippen molar-refractivity contribution in [3.05, 3.63) is 24.3 Å². The predicted octanol–water partition coefficient (Wildman–Crippen LogP) is 17.4. The highest BCUT2D eigenvalue weighted by Crippen LogP contribution is 2.16. The zero-order valence-electron chi connectivity index (χ0n) is 38.9. The second kappa shape index (κ2) is 51.0. The van der Waals surface area contributed by atoms with E-state index in [0.29, 0.717) is 19.6 Å². The van der Waals surface area contributed by atoms with Crippen molar-refractivity contribution in [3.63, 3.8) is 0 Å². The first-order chi connectivity index (χ1) is 28.2. The molecule has 4 nitrogen and oxygen atoms in total. The molecular weight excluding hydrogens is 701 g/mol. The summed E-state index contributed by atoms with van der Waals surface area (Å²) in [5.74, 6) is -0.196. The number of hydrogen-bond acceptors (Lipinski definition) is 4. The van der Waals surface area contributed by atoms with Crippen LogP contribution < -0.4 is 0 Å². The van der Waals surface area contributed by atoms with Crippen LogP contribution in [0.5, 0.6) is 0 Å². The van der Waals surface area contributed by atoms with Crippen LogP contribution in [0.15, 0.2) is 24.3 Å². The maximum atomic E-state index is 12.3. The Morgan fingerprint density at radius 1 is 0.404 bits per heavy atom. The Kier molecular flexibility index (Phi) is 50.0. The largest absolute Gasteiger partial charge is 0.457 e. The predicted molar refractivity (Wildman–Crippen MR) is 251 cm³/mol. The Hall–Kier alpha value is -1.13. The third-order valence-electron chi connectivity index (χ3n) is 11.7. The summed E-state index contributed by atoms with van der Waals surface area (Å²) in [6.45, 7) is 5.39. The fourth-order valence-electron chi connectivity index (χ4n) is 7.85. The number of carbonyl (C=O) groups excluding carboxylic acids is 1. The molecule has 0 spiro atoms. The van der Waals surface area contributed by atoms with Crippen molar-refractivity contribution in [2.24, 2.45) is 0 Å². The van der Waals surface area contributed by atoms with Gasteiger partial charge in [0.15, 0.2) is 0 Å². The fourth-order valence-corrected chi connectivity index (χ4v) is 7.85. The van der Waals surface area contributed by atoms with Gasteiger partial charge in [-0.2, -0.15) is 0 Å². The van der Waals surface area contributed by atoms with Gasteiger partial charge in [0, 0.05) is 13.0 Å². The minimum atomic E-state index is -0.533. The molecule has 0 fully saturated rings. The smallest absolute Gasteiger partial charge is 0.306 e. The third kappa shape index (κ3) is 49.1. The molecule has 0 radical (unpaired) electrons. The highest BCUT2D eigenvalue weighted by atomic mass is 16.6. The number of hydrogen-bond donors (Lipinski definition) is 1. The average molecular weight is 803 g/mol. The second-order valence-corrected chi connectivity index (χ2v) is 17.6. The summed E-state index contributed by atoms with van der Waals surface area (Å²) in [6.07, 6.45) is 64.2. The quantitative estimate of drug-likeness (QED) is 0.0378. The van der Waals surface area contributed by atoms with Gasteiger partial charge in [-0.15, -0.1) is 0 Å². The van der Waals surface area contributed by atoms with Crippen molar-refractivity contribution in [2.45, 2.75) is 290 Å². The lowest BCUT2D eigenvalue weighted by Crippen LogP contribution is -2.27. The molecule has 338 valence electrons. The molecule has 1 unspecified atom stereocenters. The first kappa shape index (κ1) is 55.9. The molecule has 0 saturated carbocycles. The first-order valence-corrected chi connectivity index (χ1v) is 25.9. The van der Waals surface area contributed by atoms with E-state index in [1.54, 1.807) is 0 Å². The van der Waals surface area contributed by atoms with Gasteiger partial charge in [-0.3, -0.25) is 4.79 Å². The van der Waals surface area contributed by atoms with Gasteiger partial charge < -0.3 is 14.6 Å². The lowest BCUT2D eigenvalue weighted by Gasteiger charge is -2.16. The average Bonchev–Trinajstić information content (AvgIpc) is 3.22. The van der Waals surface area contributed by atoms with E-state index in [2.05, 4.69) is 38.2 Å². The minimum Gasteiger partial charge on any atom is -0.457 e. The molecule has 0 saturated heterocycles. The van der Waals surface area contributed by atoms with Gasteiger partial charge in [0.05, 0.1) is 13.2 Å². The molecule has 0 aliphatic heterocycles. The summed E-state index contributed by atoms with van der Waals surface area (Å²) in [4.78, 5) is 12.3. The summed E-state index contributed by atoms with van der Waals surface area (Å²) in [6, 6.07) is 0. The second-order valence-electron chi connectivity index (χ2n) is 17.6. The van der Waals surface area contributed by atoms with Gasteiger partial charge >= 0.3 is 5.97 Å². The molecular formula is C53H102O4. The highest BCUT2D eigenvalue weighted by molar-refractivity contribution is 5.69. The van der Waals surface area contributed by atoms with Crippen molar-refractivity contribution in [1.29, 1.82) is 0 Å². The Labute approximate surface area is 358 Å². The van der Waals surface area contributed by atoms with E-state index in [0.717, 1.165) is 19.3 Å². The van der Waals surface area contributed by atoms with Crippen LogP contribution in [-0.4, -0.2) is 37.0 Å². The van der Waals surface area contributed by atoms with E-state index in [-0.39, 0.29) is 12.6 Å². The molecule has 4 heteroatoms. The SMILES string of the molecule is CCCCCCCCCC/C=C\CCCCCCCCCCCCCC(=O)OC(CO)COCCCCCCCCCCCC/C=C\CCCCCCCCCC. The van der Waals surface area contributed by atoms with Crippen LogP contribution in [0.1, 0.15) is 284 Å². The summed E-state index contributed by atoms with van der Waals surface area (Å²) in [5, 5.41) is 9.65. The number of ether oxygens (including phenoxy) is 2. The first-order valence-electron chi connectivity index (χ1n) is 25.9. The molecule has 1 N–H and O–H groups in total. The zero-order valence-corrected chi connectivity index (χ0v) is 38.9. The molecule has 0 aromatic heterocycles. The summed E-state index contributed by atoms with van der Waals surface area (Å²) in [7, 11) is 0. The maximum absolute atomic E-state index is 12.3. The monoisotopic (exact) mass is 803 g/mol. The molecule has 0 aromatic rings. The normalized spacial score (nSPS) is 12.4. The van der Waals surface area contributed by atoms with E-state index >= 15 is 0 Å². The minimum absolute atomic E-state index is 0.168. The third-order valence-corrected chi connectivity index (χ3v) is 11.7. The van der Waals surface area contributed by atoms with E-state index in [4.69, 9.17) is 9.47 Å². The Morgan fingerprint density at radius 3 is 1.00 bits per heavy atom. The van der Waals surface area contributed by atoms with E-state index in [9.17, 15) is 9.90 Å². The van der Waals surface area contributed by atoms with Crippen LogP contribution in [0.3, 0.4) is 0 Å². The number of rotatable bonds is 49. The lowest BCUT2D eigenvalue weighted by molar-refractivity contribution is -0.154. The van der Waals surface area contributed by atoms with Crippen LogP contribution in [-0.2, 0) is 14.3 Å². The molecule has 0 aliphatic rings. The molecule has 0 bridgehead atoms. The van der Waals surface area contributed by atoms with Crippen molar-refractivity contribution in [1.82, 2.24) is 0 Å². The Morgan fingerprint density at radius 2 is 0.684 bits per heavy atom. The molecule has 1 atom stereocenters. The van der Waals surface area contributed by atoms with Crippen LogP contribution in [0.2, 0.25) is 0 Å². The summed E-state index contributed by atoms with van der Waals surface area (Å²) < 4.78 is 11.2. The molecule has 0 rings (SSSR count).